The molecule has 2 aliphatic rings. The molecule has 2 aliphatic heterocycles. The van der Waals surface area contributed by atoms with Gasteiger partial charge in [0.15, 0.2) is 0 Å². The lowest BCUT2D eigenvalue weighted by Gasteiger charge is -2.32. The molecule has 0 saturated carbocycles. The van der Waals surface area contributed by atoms with E-state index in [9.17, 15) is 0 Å². The van der Waals surface area contributed by atoms with Gasteiger partial charge in [0.25, 0.3) is 0 Å². The molecule has 6 heteroatoms. The van der Waals surface area contributed by atoms with Crippen LogP contribution in [-0.4, -0.2) is 81.9 Å². The van der Waals surface area contributed by atoms with Gasteiger partial charge in [-0.05, 0) is 81.5 Å². The van der Waals surface area contributed by atoms with E-state index < -0.39 is 0 Å². The van der Waals surface area contributed by atoms with Gasteiger partial charge in [-0.25, -0.2) is 4.98 Å². The summed E-state index contributed by atoms with van der Waals surface area (Å²) in [6.07, 6.45) is 4.86. The number of ether oxygens (including phenoxy) is 2. The van der Waals surface area contributed by atoms with Crippen molar-refractivity contribution >= 4 is 16.7 Å². The Morgan fingerprint density at radius 2 is 1.84 bits per heavy atom. The summed E-state index contributed by atoms with van der Waals surface area (Å²) in [4.78, 5) is 9.76. The number of methoxy groups -OCH3 is 2. The van der Waals surface area contributed by atoms with E-state index in [2.05, 4.69) is 45.2 Å². The molecule has 0 spiro atoms. The number of pyridine rings is 1. The van der Waals surface area contributed by atoms with Crippen LogP contribution in [0.25, 0.3) is 10.9 Å². The van der Waals surface area contributed by atoms with Crippen molar-refractivity contribution in [3.8, 4) is 17.6 Å². The van der Waals surface area contributed by atoms with Crippen molar-refractivity contribution in [2.45, 2.75) is 31.6 Å². The molecule has 172 valence electrons. The van der Waals surface area contributed by atoms with Crippen molar-refractivity contribution < 1.29 is 9.47 Å². The Morgan fingerprint density at radius 3 is 2.53 bits per heavy atom. The topological polar surface area (TPSA) is 49.9 Å². The molecular weight excluding hydrogens is 400 g/mol. The van der Waals surface area contributed by atoms with E-state index >= 15 is 0 Å². The molecule has 32 heavy (non-hydrogen) atoms. The fourth-order valence-corrected chi connectivity index (χ4v) is 4.89. The van der Waals surface area contributed by atoms with Gasteiger partial charge < -0.3 is 19.7 Å². The normalized spacial score (nSPS) is 18.0. The number of anilines is 1. The molecule has 6 nitrogen and oxygen atoms in total. The zero-order chi connectivity index (χ0) is 22.3. The number of piperidine rings is 1. The highest BCUT2D eigenvalue weighted by molar-refractivity contribution is 5.88. The summed E-state index contributed by atoms with van der Waals surface area (Å²) >= 11 is 0. The molecule has 4 rings (SSSR count). The average Bonchev–Trinajstić information content (AvgIpc) is 3.35. The largest absolute Gasteiger partial charge is 0.495 e. The van der Waals surface area contributed by atoms with Crippen molar-refractivity contribution in [1.29, 1.82) is 0 Å². The fraction of sp³-hybridized carbons (Fsp3) is 0.577. The second-order valence-corrected chi connectivity index (χ2v) is 8.81. The van der Waals surface area contributed by atoms with Gasteiger partial charge in [-0.3, -0.25) is 4.90 Å². The first-order valence-corrected chi connectivity index (χ1v) is 11.8. The Bertz CT molecular complexity index is 967. The summed E-state index contributed by atoms with van der Waals surface area (Å²) in [7, 11) is 5.44. The first kappa shape index (κ1) is 22.8. The number of hydrogen-bond donors (Lipinski definition) is 1. The maximum atomic E-state index is 5.75. The number of likely N-dealkylation sites (tertiary alicyclic amines) is 2. The van der Waals surface area contributed by atoms with Gasteiger partial charge in [-0.15, -0.1) is 0 Å². The average molecular weight is 437 g/mol. The van der Waals surface area contributed by atoms with Crippen LogP contribution in [0, 0.1) is 11.8 Å². The van der Waals surface area contributed by atoms with Gasteiger partial charge in [0.05, 0.1) is 31.3 Å². The van der Waals surface area contributed by atoms with Gasteiger partial charge in [-0.1, -0.05) is 11.8 Å². The Balaban J connectivity index is 1.61. The predicted octanol–water partition coefficient (Wildman–Crippen LogP) is 3.56. The van der Waals surface area contributed by atoms with Crippen LogP contribution in [0.1, 0.15) is 42.7 Å². The standard InChI is InChI=1S/C26H36N4O2/c1-27-26-19-22(20-8-13-30(14-9-20)15-16-31-2)23-18-25(32-3)21(17-24(23)28-26)7-6-12-29-10-4-5-11-29/h17-20H,4-5,8-16H2,1-3H3,(H,27,28). The SMILES string of the molecule is CNc1cc(C2CCN(CCOC)CC2)c2cc(OC)c(C#CCN3CCCC3)cc2n1. The van der Waals surface area contributed by atoms with Gasteiger partial charge in [0.2, 0.25) is 0 Å². The fourth-order valence-electron chi connectivity index (χ4n) is 4.89. The van der Waals surface area contributed by atoms with Crippen LogP contribution >= 0.6 is 0 Å². The Labute approximate surface area is 192 Å². The highest BCUT2D eigenvalue weighted by atomic mass is 16.5. The molecule has 1 aromatic heterocycles. The predicted molar refractivity (Wildman–Crippen MR) is 131 cm³/mol. The number of nitrogens with one attached hydrogen (secondary N) is 1. The smallest absolute Gasteiger partial charge is 0.135 e. The molecule has 3 heterocycles. The minimum atomic E-state index is 0.517. The van der Waals surface area contributed by atoms with E-state index in [-0.39, 0.29) is 0 Å². The third kappa shape index (κ3) is 5.35. The molecule has 2 fully saturated rings. The summed E-state index contributed by atoms with van der Waals surface area (Å²) in [5, 5.41) is 4.43. The van der Waals surface area contributed by atoms with E-state index in [0.29, 0.717) is 5.92 Å². The number of hydrogen-bond acceptors (Lipinski definition) is 6. The molecule has 1 aromatic carbocycles. The molecule has 2 saturated heterocycles. The van der Waals surface area contributed by atoms with Gasteiger partial charge >= 0.3 is 0 Å². The van der Waals surface area contributed by atoms with Crippen LogP contribution in [0.5, 0.6) is 5.75 Å². The molecular formula is C26H36N4O2. The van der Waals surface area contributed by atoms with Gasteiger partial charge in [0.1, 0.15) is 11.6 Å². The van der Waals surface area contributed by atoms with Crippen LogP contribution in [0.3, 0.4) is 0 Å². The molecule has 0 amide bonds. The molecule has 0 unspecified atom stereocenters. The second-order valence-electron chi connectivity index (χ2n) is 8.81. The molecule has 0 aliphatic carbocycles. The van der Waals surface area contributed by atoms with E-state index in [1.54, 1.807) is 14.2 Å². The maximum absolute atomic E-state index is 5.75. The molecule has 0 bridgehead atoms. The van der Waals surface area contributed by atoms with Crippen LogP contribution in [0.4, 0.5) is 5.82 Å². The minimum Gasteiger partial charge on any atom is -0.495 e. The zero-order valence-electron chi connectivity index (χ0n) is 19.7. The van der Waals surface area contributed by atoms with Crippen LogP contribution in [-0.2, 0) is 4.74 Å². The molecule has 0 radical (unpaired) electrons. The van der Waals surface area contributed by atoms with Crippen LogP contribution < -0.4 is 10.1 Å². The number of rotatable bonds is 7. The van der Waals surface area contributed by atoms with E-state index in [1.807, 2.05) is 7.05 Å². The van der Waals surface area contributed by atoms with Crippen LogP contribution in [0.2, 0.25) is 0 Å². The second kappa shape index (κ2) is 11.0. The first-order valence-electron chi connectivity index (χ1n) is 11.8. The monoisotopic (exact) mass is 436 g/mol. The lowest BCUT2D eigenvalue weighted by atomic mass is 9.87. The Kier molecular flexibility index (Phi) is 7.85. The lowest BCUT2D eigenvalue weighted by molar-refractivity contribution is 0.130. The number of nitrogens with zero attached hydrogens (tertiary/aromatic N) is 3. The summed E-state index contributed by atoms with van der Waals surface area (Å²) in [5.74, 6) is 8.96. The van der Waals surface area contributed by atoms with Crippen molar-refractivity contribution in [1.82, 2.24) is 14.8 Å². The quantitative estimate of drug-likeness (QED) is 0.670. The highest BCUT2D eigenvalue weighted by Crippen LogP contribution is 2.36. The lowest BCUT2D eigenvalue weighted by Crippen LogP contribution is -2.35. The summed E-state index contributed by atoms with van der Waals surface area (Å²) < 4.78 is 11.0. The summed E-state index contributed by atoms with van der Waals surface area (Å²) in [5.41, 5.74) is 3.26. The molecule has 1 N–H and O–H groups in total. The zero-order valence-corrected chi connectivity index (χ0v) is 19.7. The van der Waals surface area contributed by atoms with Crippen LogP contribution in [0.15, 0.2) is 18.2 Å². The van der Waals surface area contributed by atoms with Crippen molar-refractivity contribution in [2.24, 2.45) is 0 Å². The van der Waals surface area contributed by atoms with Gasteiger partial charge in [-0.2, -0.15) is 0 Å². The van der Waals surface area contributed by atoms with E-state index in [0.717, 1.165) is 81.4 Å². The summed E-state index contributed by atoms with van der Waals surface area (Å²) in [6.45, 7) is 7.14. The van der Waals surface area contributed by atoms with E-state index in [1.165, 1.54) is 23.8 Å². The third-order valence-corrected chi connectivity index (χ3v) is 6.78. The summed E-state index contributed by atoms with van der Waals surface area (Å²) in [6, 6.07) is 6.47. The Hall–Kier alpha value is -2.33. The van der Waals surface area contributed by atoms with Gasteiger partial charge in [0, 0.05) is 26.1 Å². The number of aromatic nitrogens is 1. The number of fused-ring (bicyclic) bond motifs is 1. The van der Waals surface area contributed by atoms with Crippen molar-refractivity contribution in [2.75, 3.05) is 72.5 Å². The highest BCUT2D eigenvalue weighted by Gasteiger charge is 2.23. The third-order valence-electron chi connectivity index (χ3n) is 6.78. The molecule has 0 atom stereocenters. The minimum absolute atomic E-state index is 0.517. The number of benzene rings is 1. The molecule has 2 aromatic rings. The maximum Gasteiger partial charge on any atom is 0.135 e. The van der Waals surface area contributed by atoms with E-state index in [4.69, 9.17) is 14.5 Å². The first-order chi connectivity index (χ1) is 15.7. The Morgan fingerprint density at radius 1 is 1.06 bits per heavy atom. The van der Waals surface area contributed by atoms with Crippen molar-refractivity contribution in [3.05, 3.63) is 29.3 Å². The van der Waals surface area contributed by atoms with Crippen molar-refractivity contribution in [3.63, 3.8) is 0 Å².